The summed E-state index contributed by atoms with van der Waals surface area (Å²) in [6.07, 6.45) is 3.63. The molecule has 1 fully saturated rings. The number of nitrogens with zero attached hydrogens (tertiary/aromatic N) is 3. The molecule has 0 radical (unpaired) electrons. The molecule has 3 amide bonds. The fourth-order valence-electron chi connectivity index (χ4n) is 5.13. The van der Waals surface area contributed by atoms with E-state index in [0.717, 1.165) is 35.5 Å². The maximum Gasteiger partial charge on any atom is 0.321 e. The number of hydrogen-bond acceptors (Lipinski definition) is 5. The predicted molar refractivity (Wildman–Crippen MR) is 148 cm³/mol. The van der Waals surface area contributed by atoms with E-state index in [1.807, 2.05) is 41.5 Å². The van der Waals surface area contributed by atoms with Gasteiger partial charge < -0.3 is 15.1 Å². The van der Waals surface area contributed by atoms with Crippen LogP contribution >= 0.6 is 23.1 Å². The molecule has 1 unspecified atom stereocenters. The number of halogens is 1. The molecule has 0 aliphatic carbocycles. The van der Waals surface area contributed by atoms with Crippen LogP contribution in [0.2, 0.25) is 0 Å². The molecule has 1 saturated heterocycles. The Labute approximate surface area is 225 Å². The molecule has 0 spiro atoms. The van der Waals surface area contributed by atoms with E-state index in [1.165, 1.54) is 16.5 Å². The molecule has 2 aromatic carbocycles. The van der Waals surface area contributed by atoms with Crippen LogP contribution in [-0.4, -0.2) is 72.2 Å². The highest BCUT2D eigenvalue weighted by molar-refractivity contribution is 7.98. The summed E-state index contributed by atoms with van der Waals surface area (Å²) < 4.78 is 14.1. The van der Waals surface area contributed by atoms with Crippen molar-refractivity contribution in [3.63, 3.8) is 0 Å². The Bertz CT molecular complexity index is 1250. The molecule has 3 heterocycles. The first-order valence-electron chi connectivity index (χ1n) is 12.6. The van der Waals surface area contributed by atoms with Crippen LogP contribution in [0.25, 0.3) is 0 Å². The Morgan fingerprint density at radius 1 is 1.03 bits per heavy atom. The van der Waals surface area contributed by atoms with Crippen molar-refractivity contribution >= 4 is 40.7 Å². The first-order valence-corrected chi connectivity index (χ1v) is 14.7. The van der Waals surface area contributed by atoms with Gasteiger partial charge in [-0.15, -0.1) is 23.1 Å². The SMILES string of the molecule is CSc1ccc(NC(=O)N2CCCN(C(=O)CN3CCc4sccc4C3c3cccc(F)c3)CC2)cc1. The Balaban J connectivity index is 1.22. The summed E-state index contributed by atoms with van der Waals surface area (Å²) >= 11 is 3.38. The van der Waals surface area contributed by atoms with Gasteiger partial charge in [0.05, 0.1) is 12.6 Å². The van der Waals surface area contributed by atoms with E-state index in [-0.39, 0.29) is 30.3 Å². The minimum absolute atomic E-state index is 0.0509. The van der Waals surface area contributed by atoms with Crippen LogP contribution in [0.1, 0.15) is 28.5 Å². The van der Waals surface area contributed by atoms with E-state index < -0.39 is 0 Å². The van der Waals surface area contributed by atoms with Gasteiger partial charge in [-0.25, -0.2) is 9.18 Å². The first-order chi connectivity index (χ1) is 18.0. The lowest BCUT2D eigenvalue weighted by Gasteiger charge is -2.37. The average molecular weight is 539 g/mol. The van der Waals surface area contributed by atoms with Crippen molar-refractivity contribution in [2.45, 2.75) is 23.8 Å². The van der Waals surface area contributed by atoms with Gasteiger partial charge in [-0.1, -0.05) is 12.1 Å². The summed E-state index contributed by atoms with van der Waals surface area (Å²) in [5, 5.41) is 5.05. The smallest absolute Gasteiger partial charge is 0.321 e. The molecule has 0 bridgehead atoms. The van der Waals surface area contributed by atoms with Crippen LogP contribution in [0.5, 0.6) is 0 Å². The number of benzene rings is 2. The van der Waals surface area contributed by atoms with Crippen LogP contribution in [0, 0.1) is 5.82 Å². The number of anilines is 1. The summed E-state index contributed by atoms with van der Waals surface area (Å²) in [6.45, 7) is 3.23. The molecule has 3 aromatic rings. The van der Waals surface area contributed by atoms with Crippen molar-refractivity contribution in [2.75, 3.05) is 50.8 Å². The van der Waals surface area contributed by atoms with Crippen molar-refractivity contribution in [1.29, 1.82) is 0 Å². The van der Waals surface area contributed by atoms with Crippen molar-refractivity contribution < 1.29 is 14.0 Å². The first kappa shape index (κ1) is 25.8. The lowest BCUT2D eigenvalue weighted by Crippen LogP contribution is -2.45. The number of carbonyl (C=O) groups excluding carboxylic acids is 2. The number of hydrogen-bond donors (Lipinski definition) is 1. The van der Waals surface area contributed by atoms with E-state index in [1.54, 1.807) is 40.1 Å². The monoisotopic (exact) mass is 538 g/mol. The Kier molecular flexibility index (Phi) is 8.12. The van der Waals surface area contributed by atoms with Crippen LogP contribution < -0.4 is 5.32 Å². The molecule has 37 heavy (non-hydrogen) atoms. The maximum atomic E-state index is 14.1. The zero-order valence-electron chi connectivity index (χ0n) is 20.9. The number of fused-ring (bicyclic) bond motifs is 1. The fourth-order valence-corrected chi connectivity index (χ4v) is 6.44. The molecule has 2 aliphatic rings. The largest absolute Gasteiger partial charge is 0.340 e. The van der Waals surface area contributed by atoms with Gasteiger partial charge in [0.1, 0.15) is 5.82 Å². The summed E-state index contributed by atoms with van der Waals surface area (Å²) in [6, 6.07) is 16.3. The highest BCUT2D eigenvalue weighted by atomic mass is 32.2. The van der Waals surface area contributed by atoms with Crippen LogP contribution in [0.4, 0.5) is 14.9 Å². The molecular formula is C28H31FN4O2S2. The highest BCUT2D eigenvalue weighted by Crippen LogP contribution is 2.37. The van der Waals surface area contributed by atoms with Crippen molar-refractivity contribution in [1.82, 2.24) is 14.7 Å². The standard InChI is InChI=1S/C28H31FN4O2S2/c1-36-23-8-6-22(7-9-23)30-28(35)32-13-3-12-31(15-16-32)26(34)19-33-14-10-25-24(11-17-37-25)27(33)20-4-2-5-21(29)18-20/h2,4-9,11,17-18,27H,3,10,12-16,19H2,1H3,(H,30,35). The van der Waals surface area contributed by atoms with Crippen molar-refractivity contribution in [2.24, 2.45) is 0 Å². The van der Waals surface area contributed by atoms with Gasteiger partial charge in [-0.3, -0.25) is 9.69 Å². The second kappa shape index (κ2) is 11.7. The van der Waals surface area contributed by atoms with Gasteiger partial charge in [0.25, 0.3) is 0 Å². The fraction of sp³-hybridized carbons (Fsp3) is 0.357. The molecule has 2 aliphatic heterocycles. The number of nitrogens with one attached hydrogen (secondary N) is 1. The molecule has 194 valence electrons. The maximum absolute atomic E-state index is 14.1. The van der Waals surface area contributed by atoms with E-state index in [9.17, 15) is 14.0 Å². The van der Waals surface area contributed by atoms with Crippen LogP contribution in [0.15, 0.2) is 64.9 Å². The van der Waals surface area contributed by atoms with E-state index in [2.05, 4.69) is 21.7 Å². The average Bonchev–Trinajstić information content (AvgIpc) is 3.24. The van der Waals surface area contributed by atoms with Gasteiger partial charge in [0.15, 0.2) is 0 Å². The number of thiophene rings is 1. The molecule has 1 aromatic heterocycles. The number of urea groups is 1. The number of carbonyl (C=O) groups is 2. The third-order valence-corrected chi connectivity index (χ3v) is 8.79. The topological polar surface area (TPSA) is 55.9 Å². The summed E-state index contributed by atoms with van der Waals surface area (Å²) in [5.41, 5.74) is 2.80. The Morgan fingerprint density at radius 2 is 1.81 bits per heavy atom. The predicted octanol–water partition coefficient (Wildman–Crippen LogP) is 5.32. The molecule has 6 nitrogen and oxygen atoms in total. The third kappa shape index (κ3) is 6.00. The summed E-state index contributed by atoms with van der Waals surface area (Å²) in [7, 11) is 0. The second-order valence-electron chi connectivity index (χ2n) is 9.36. The zero-order valence-corrected chi connectivity index (χ0v) is 22.5. The van der Waals surface area contributed by atoms with E-state index >= 15 is 0 Å². The van der Waals surface area contributed by atoms with Crippen molar-refractivity contribution in [3.8, 4) is 0 Å². The van der Waals surface area contributed by atoms with Gasteiger partial charge >= 0.3 is 6.03 Å². The highest BCUT2D eigenvalue weighted by Gasteiger charge is 2.32. The van der Waals surface area contributed by atoms with Gasteiger partial charge in [0, 0.05) is 48.2 Å². The summed E-state index contributed by atoms with van der Waals surface area (Å²) in [5.74, 6) is -0.216. The Morgan fingerprint density at radius 3 is 2.59 bits per heavy atom. The van der Waals surface area contributed by atoms with Crippen LogP contribution in [-0.2, 0) is 11.2 Å². The van der Waals surface area contributed by atoms with Gasteiger partial charge in [-0.2, -0.15) is 0 Å². The van der Waals surface area contributed by atoms with Crippen molar-refractivity contribution in [3.05, 3.63) is 81.8 Å². The number of amides is 3. The lowest BCUT2D eigenvalue weighted by molar-refractivity contribution is -0.132. The van der Waals surface area contributed by atoms with E-state index in [0.29, 0.717) is 26.2 Å². The Hall–Kier alpha value is -2.88. The molecule has 9 heteroatoms. The minimum atomic E-state index is -0.266. The van der Waals surface area contributed by atoms with Gasteiger partial charge in [0.2, 0.25) is 5.91 Å². The molecule has 1 atom stereocenters. The second-order valence-corrected chi connectivity index (χ2v) is 11.2. The molecule has 0 saturated carbocycles. The normalized spacial score (nSPS) is 18.3. The molecule has 5 rings (SSSR count). The summed E-state index contributed by atoms with van der Waals surface area (Å²) in [4.78, 5) is 34.6. The third-order valence-electron chi connectivity index (χ3n) is 7.05. The quantitative estimate of drug-likeness (QED) is 0.447. The number of thioether (sulfide) groups is 1. The van der Waals surface area contributed by atoms with Gasteiger partial charge in [-0.05, 0) is 78.1 Å². The molecular weight excluding hydrogens is 507 g/mol. The number of rotatable bonds is 5. The zero-order chi connectivity index (χ0) is 25.8. The minimum Gasteiger partial charge on any atom is -0.340 e. The molecule has 1 N–H and O–H groups in total. The van der Waals surface area contributed by atoms with Crippen LogP contribution in [0.3, 0.4) is 0 Å². The lowest BCUT2D eigenvalue weighted by atomic mass is 9.93. The van der Waals surface area contributed by atoms with E-state index in [4.69, 9.17) is 0 Å².